The van der Waals surface area contributed by atoms with E-state index in [0.29, 0.717) is 13.1 Å². The lowest BCUT2D eigenvalue weighted by atomic mass is 9.82. The van der Waals surface area contributed by atoms with Crippen LogP contribution in [0.2, 0.25) is 0 Å². The summed E-state index contributed by atoms with van der Waals surface area (Å²) in [5.74, 6) is -2.08. The number of quaternary nitrogens is 1. The standard InChI is InChI=1S/C22H26N2O3/c25-21(19-17-8-9-18(15-17)20(19)22(26)27)24-13-11-23(12-14-24)10-4-7-16-5-2-1-3-6-16/h1-9,17-20H,10-15H2,(H,26,27)/b7-4+/t17-,18-,19-,20+/m1/s1. The number of carboxylic acid groups (broad SMARTS) is 1. The van der Waals surface area contributed by atoms with Gasteiger partial charge in [-0.2, -0.15) is 0 Å². The highest BCUT2D eigenvalue weighted by molar-refractivity contribution is 5.86. The topological polar surface area (TPSA) is 64.9 Å². The first kappa shape index (κ1) is 18.0. The Kier molecular flexibility index (Phi) is 5.12. The molecule has 4 atom stereocenters. The van der Waals surface area contributed by atoms with Crippen LogP contribution in [0.15, 0.2) is 48.6 Å². The number of aliphatic carboxylic acids is 1. The van der Waals surface area contributed by atoms with Crippen molar-refractivity contribution in [3.8, 4) is 0 Å². The number of carboxylic acids is 1. The van der Waals surface area contributed by atoms with Gasteiger partial charge < -0.3 is 19.7 Å². The van der Waals surface area contributed by atoms with E-state index in [1.54, 1.807) is 0 Å². The first-order valence-electron chi connectivity index (χ1n) is 9.86. The van der Waals surface area contributed by atoms with E-state index in [9.17, 15) is 14.7 Å². The summed E-state index contributed by atoms with van der Waals surface area (Å²) in [5, 5.41) is 11.5. The van der Waals surface area contributed by atoms with Crippen LogP contribution in [0, 0.1) is 23.7 Å². The van der Waals surface area contributed by atoms with Crippen molar-refractivity contribution in [2.45, 2.75) is 6.42 Å². The Bertz CT molecular complexity index is 750. The van der Waals surface area contributed by atoms with Crippen LogP contribution in [0.25, 0.3) is 6.08 Å². The zero-order valence-corrected chi connectivity index (χ0v) is 15.4. The lowest BCUT2D eigenvalue weighted by Crippen LogP contribution is -3.14. The number of rotatable bonds is 5. The second kappa shape index (κ2) is 7.69. The summed E-state index contributed by atoms with van der Waals surface area (Å²) in [6.07, 6.45) is 9.09. The number of nitrogens with zero attached hydrogens (tertiary/aromatic N) is 1. The van der Waals surface area contributed by atoms with E-state index >= 15 is 0 Å². The van der Waals surface area contributed by atoms with Gasteiger partial charge >= 0.3 is 0 Å². The molecule has 5 nitrogen and oxygen atoms in total. The second-order valence-electron chi connectivity index (χ2n) is 7.91. The van der Waals surface area contributed by atoms with E-state index in [1.807, 2.05) is 35.3 Å². The van der Waals surface area contributed by atoms with Crippen molar-refractivity contribution < 1.29 is 19.6 Å². The molecule has 142 valence electrons. The van der Waals surface area contributed by atoms with Crippen molar-refractivity contribution in [1.29, 1.82) is 0 Å². The van der Waals surface area contributed by atoms with Gasteiger partial charge in [0.2, 0.25) is 5.91 Å². The Morgan fingerprint density at radius 1 is 1.07 bits per heavy atom. The van der Waals surface area contributed by atoms with Gasteiger partial charge in [0.1, 0.15) is 0 Å². The van der Waals surface area contributed by atoms with Crippen molar-refractivity contribution in [3.05, 3.63) is 54.1 Å². The molecular weight excluding hydrogens is 340 g/mol. The molecule has 1 aliphatic heterocycles. The van der Waals surface area contributed by atoms with Gasteiger partial charge in [-0.05, 0) is 29.9 Å². The summed E-state index contributed by atoms with van der Waals surface area (Å²) in [7, 11) is 0. The van der Waals surface area contributed by atoms with Gasteiger partial charge in [0.15, 0.2) is 0 Å². The van der Waals surface area contributed by atoms with Crippen molar-refractivity contribution >= 4 is 18.0 Å². The molecule has 0 aromatic heterocycles. The molecular formula is C22H26N2O3. The molecule has 0 radical (unpaired) electrons. The third-order valence-electron chi connectivity index (χ3n) is 6.32. The Balaban J connectivity index is 1.30. The number of fused-ring (bicyclic) bond motifs is 2. The molecule has 5 heteroatoms. The molecule has 4 rings (SSSR count). The van der Waals surface area contributed by atoms with Gasteiger partial charge in [0.05, 0.1) is 38.6 Å². The first-order chi connectivity index (χ1) is 13.1. The molecule has 1 amide bonds. The highest BCUT2D eigenvalue weighted by atomic mass is 16.4. The largest absolute Gasteiger partial charge is 0.550 e. The van der Waals surface area contributed by atoms with Crippen LogP contribution in [0.5, 0.6) is 0 Å². The normalized spacial score (nSPS) is 30.3. The minimum Gasteiger partial charge on any atom is -0.550 e. The van der Waals surface area contributed by atoms with Crippen LogP contribution in [0.3, 0.4) is 0 Å². The third-order valence-corrected chi connectivity index (χ3v) is 6.32. The minimum atomic E-state index is -1.07. The van der Waals surface area contributed by atoms with E-state index in [-0.39, 0.29) is 17.7 Å². The number of piperazine rings is 1. The van der Waals surface area contributed by atoms with Crippen molar-refractivity contribution in [3.63, 3.8) is 0 Å². The molecule has 1 aromatic carbocycles. The number of amides is 1. The van der Waals surface area contributed by atoms with Crippen LogP contribution < -0.4 is 10.0 Å². The summed E-state index contributed by atoms with van der Waals surface area (Å²) in [5.41, 5.74) is 1.20. The maximum Gasteiger partial charge on any atom is 0.227 e. The lowest BCUT2D eigenvalue weighted by Gasteiger charge is -2.36. The molecule has 1 saturated heterocycles. The molecule has 27 heavy (non-hydrogen) atoms. The second-order valence-corrected chi connectivity index (χ2v) is 7.91. The number of hydrogen-bond donors (Lipinski definition) is 1. The highest BCUT2D eigenvalue weighted by Crippen LogP contribution is 2.48. The number of nitrogens with one attached hydrogen (secondary N) is 1. The van der Waals surface area contributed by atoms with Crippen molar-refractivity contribution in [2.24, 2.45) is 23.7 Å². The van der Waals surface area contributed by atoms with Gasteiger partial charge in [0.25, 0.3) is 0 Å². The summed E-state index contributed by atoms with van der Waals surface area (Å²) in [6, 6.07) is 10.2. The molecule has 1 N–H and O–H groups in total. The van der Waals surface area contributed by atoms with Crippen molar-refractivity contribution in [2.75, 3.05) is 32.7 Å². The molecule has 0 unspecified atom stereocenters. The summed E-state index contributed by atoms with van der Waals surface area (Å²) in [6.45, 7) is 4.14. The zero-order valence-electron chi connectivity index (χ0n) is 15.4. The Hall–Kier alpha value is -2.40. The summed E-state index contributed by atoms with van der Waals surface area (Å²) in [4.78, 5) is 27.9. The quantitative estimate of drug-likeness (QED) is 0.723. The molecule has 2 bridgehead atoms. The van der Waals surface area contributed by atoms with Gasteiger partial charge in [0, 0.05) is 11.9 Å². The Morgan fingerprint density at radius 2 is 1.74 bits per heavy atom. The van der Waals surface area contributed by atoms with E-state index in [0.717, 1.165) is 26.1 Å². The number of allylic oxidation sites excluding steroid dienone is 2. The molecule has 2 fully saturated rings. The molecule has 1 aromatic rings. The number of benzene rings is 1. The van der Waals surface area contributed by atoms with Gasteiger partial charge in [-0.25, -0.2) is 0 Å². The van der Waals surface area contributed by atoms with E-state index in [4.69, 9.17) is 0 Å². The smallest absolute Gasteiger partial charge is 0.227 e. The van der Waals surface area contributed by atoms with Crippen LogP contribution in [-0.2, 0) is 9.59 Å². The van der Waals surface area contributed by atoms with Crippen LogP contribution >= 0.6 is 0 Å². The van der Waals surface area contributed by atoms with E-state index < -0.39 is 17.8 Å². The fraction of sp³-hybridized carbons (Fsp3) is 0.455. The average molecular weight is 366 g/mol. The molecule has 1 heterocycles. The fourth-order valence-electron chi connectivity index (χ4n) is 4.86. The van der Waals surface area contributed by atoms with Crippen molar-refractivity contribution in [1.82, 2.24) is 4.90 Å². The molecule has 3 aliphatic rings. The highest BCUT2D eigenvalue weighted by Gasteiger charge is 2.50. The first-order valence-corrected chi connectivity index (χ1v) is 9.86. The van der Waals surface area contributed by atoms with Crippen LogP contribution in [0.1, 0.15) is 12.0 Å². The van der Waals surface area contributed by atoms with Gasteiger partial charge in [-0.15, -0.1) is 0 Å². The summed E-state index contributed by atoms with van der Waals surface area (Å²) < 4.78 is 0. The lowest BCUT2D eigenvalue weighted by molar-refractivity contribution is -0.898. The fourth-order valence-corrected chi connectivity index (χ4v) is 4.86. The number of carbonyl (C=O) groups excluding carboxylic acids is 2. The maximum atomic E-state index is 13.0. The van der Waals surface area contributed by atoms with Crippen LogP contribution in [-0.4, -0.2) is 49.5 Å². The monoisotopic (exact) mass is 366 g/mol. The molecule has 0 spiro atoms. The van der Waals surface area contributed by atoms with E-state index in [2.05, 4.69) is 24.3 Å². The Morgan fingerprint density at radius 3 is 2.41 bits per heavy atom. The number of hydrogen-bond acceptors (Lipinski definition) is 3. The van der Waals surface area contributed by atoms with Gasteiger partial charge in [-0.3, -0.25) is 4.79 Å². The van der Waals surface area contributed by atoms with Gasteiger partial charge in [-0.1, -0.05) is 48.6 Å². The Labute approximate surface area is 160 Å². The van der Waals surface area contributed by atoms with Crippen LogP contribution in [0.4, 0.5) is 0 Å². The zero-order chi connectivity index (χ0) is 18.8. The predicted molar refractivity (Wildman–Crippen MR) is 100 cm³/mol. The average Bonchev–Trinajstić information content (AvgIpc) is 3.30. The maximum absolute atomic E-state index is 13.0. The van der Waals surface area contributed by atoms with E-state index in [1.165, 1.54) is 10.5 Å². The number of carbonyl (C=O) groups is 2. The minimum absolute atomic E-state index is 0.0138. The SMILES string of the molecule is O=C([O-])[C@@H]1[C@H](C(=O)N2CC[NH+](C/C=C/c3ccccc3)CC2)[C@@H]2C=C[C@@H]1C2. The molecule has 2 aliphatic carbocycles. The summed E-state index contributed by atoms with van der Waals surface area (Å²) >= 11 is 0. The predicted octanol–water partition coefficient (Wildman–Crippen LogP) is -0.385. The third kappa shape index (κ3) is 3.69. The molecule has 1 saturated carbocycles.